The summed E-state index contributed by atoms with van der Waals surface area (Å²) in [5.41, 5.74) is 0.540. The monoisotopic (exact) mass is 247 g/mol. The number of benzene rings is 1. The number of rotatable bonds is 3. The molecule has 0 radical (unpaired) electrons. The van der Waals surface area contributed by atoms with Crippen LogP contribution in [0.1, 0.15) is 11.6 Å². The molecule has 3 nitrogen and oxygen atoms in total. The average molecular weight is 248 g/mol. The molecule has 0 aromatic heterocycles. The summed E-state index contributed by atoms with van der Waals surface area (Å²) < 4.78 is 0. The topological polar surface area (TPSA) is 40.5 Å². The highest BCUT2D eigenvalue weighted by Crippen LogP contribution is 2.28. The van der Waals surface area contributed by atoms with E-state index in [-0.39, 0.29) is 0 Å². The van der Waals surface area contributed by atoms with Crippen LogP contribution in [0.2, 0.25) is 10.0 Å². The van der Waals surface area contributed by atoms with Crippen LogP contribution >= 0.6 is 23.2 Å². The summed E-state index contributed by atoms with van der Waals surface area (Å²) in [7, 11) is 3.37. The average Bonchev–Trinajstić information content (AvgIpc) is 2.08. The van der Waals surface area contributed by atoms with Gasteiger partial charge in [0.25, 0.3) is 0 Å². The Morgan fingerprint density at radius 3 is 2.40 bits per heavy atom. The van der Waals surface area contributed by atoms with Crippen molar-refractivity contribution in [3.8, 4) is 0 Å². The number of carboxylic acid groups (broad SMARTS) is 1. The summed E-state index contributed by atoms with van der Waals surface area (Å²) in [5.74, 6) is -0.941. The predicted molar refractivity (Wildman–Crippen MR) is 60.5 cm³/mol. The standard InChI is InChI=1S/C10H11Cl2NO2/c1-13(2)9(10(14)15)7-4-3-6(11)5-8(7)12/h3-5,9H,1-2H3,(H,14,15)/t9-/m1/s1. The van der Waals surface area contributed by atoms with E-state index in [0.29, 0.717) is 15.6 Å². The van der Waals surface area contributed by atoms with Gasteiger partial charge >= 0.3 is 5.97 Å². The SMILES string of the molecule is CN(C)[C@@H](C(=O)O)c1ccc(Cl)cc1Cl. The highest BCUT2D eigenvalue weighted by atomic mass is 35.5. The molecule has 0 spiro atoms. The Bertz CT molecular complexity index is 380. The predicted octanol–water partition coefficient (Wildman–Crippen LogP) is 2.68. The van der Waals surface area contributed by atoms with Gasteiger partial charge in [0, 0.05) is 10.0 Å². The van der Waals surface area contributed by atoms with Gasteiger partial charge in [-0.3, -0.25) is 9.69 Å². The van der Waals surface area contributed by atoms with E-state index in [1.165, 1.54) is 6.07 Å². The van der Waals surface area contributed by atoms with E-state index in [4.69, 9.17) is 28.3 Å². The molecule has 1 atom stereocenters. The van der Waals surface area contributed by atoms with Gasteiger partial charge < -0.3 is 5.11 Å². The molecule has 1 aromatic rings. The summed E-state index contributed by atoms with van der Waals surface area (Å²) >= 11 is 11.7. The second-order valence-electron chi connectivity index (χ2n) is 3.37. The fourth-order valence-corrected chi connectivity index (χ4v) is 1.87. The quantitative estimate of drug-likeness (QED) is 0.893. The number of aliphatic carboxylic acids is 1. The Morgan fingerprint density at radius 2 is 2.00 bits per heavy atom. The Kier molecular flexibility index (Phi) is 3.97. The molecule has 0 aliphatic heterocycles. The summed E-state index contributed by atoms with van der Waals surface area (Å²) in [6.45, 7) is 0. The molecule has 1 aromatic carbocycles. The van der Waals surface area contributed by atoms with Crippen molar-refractivity contribution < 1.29 is 9.90 Å². The Balaban J connectivity index is 3.17. The summed E-state index contributed by atoms with van der Waals surface area (Å²) in [6.07, 6.45) is 0. The van der Waals surface area contributed by atoms with E-state index >= 15 is 0 Å². The van der Waals surface area contributed by atoms with Crippen molar-refractivity contribution in [3.05, 3.63) is 33.8 Å². The molecule has 1 N–H and O–H groups in total. The fourth-order valence-electron chi connectivity index (χ4n) is 1.36. The molecule has 82 valence electrons. The van der Waals surface area contributed by atoms with Gasteiger partial charge in [0.1, 0.15) is 6.04 Å². The highest BCUT2D eigenvalue weighted by Gasteiger charge is 2.24. The molecule has 1 rings (SSSR count). The largest absolute Gasteiger partial charge is 0.480 e. The van der Waals surface area contributed by atoms with E-state index < -0.39 is 12.0 Å². The number of halogens is 2. The molecular formula is C10H11Cl2NO2. The molecular weight excluding hydrogens is 237 g/mol. The first-order valence-electron chi connectivity index (χ1n) is 4.27. The minimum Gasteiger partial charge on any atom is -0.480 e. The van der Waals surface area contributed by atoms with E-state index in [2.05, 4.69) is 0 Å². The van der Waals surface area contributed by atoms with Crippen LogP contribution in [0.5, 0.6) is 0 Å². The minimum absolute atomic E-state index is 0.364. The first-order chi connectivity index (χ1) is 6.93. The molecule has 0 bridgehead atoms. The molecule has 0 unspecified atom stereocenters. The van der Waals surface area contributed by atoms with Gasteiger partial charge in [-0.25, -0.2) is 0 Å². The number of hydrogen-bond acceptors (Lipinski definition) is 2. The molecule has 5 heteroatoms. The molecule has 0 amide bonds. The van der Waals surface area contributed by atoms with Gasteiger partial charge in [-0.2, -0.15) is 0 Å². The van der Waals surface area contributed by atoms with Crippen LogP contribution in [-0.4, -0.2) is 30.1 Å². The lowest BCUT2D eigenvalue weighted by Gasteiger charge is -2.21. The third kappa shape index (κ3) is 2.84. The maximum absolute atomic E-state index is 11.0. The van der Waals surface area contributed by atoms with Crippen molar-refractivity contribution in [2.75, 3.05) is 14.1 Å². The fraction of sp³-hybridized carbons (Fsp3) is 0.300. The number of carboxylic acids is 1. The molecule has 0 aliphatic carbocycles. The van der Waals surface area contributed by atoms with Crippen molar-refractivity contribution >= 4 is 29.2 Å². The summed E-state index contributed by atoms with van der Waals surface area (Å²) in [6, 6.07) is 4.04. The van der Waals surface area contributed by atoms with Gasteiger partial charge in [0.15, 0.2) is 0 Å². The molecule has 15 heavy (non-hydrogen) atoms. The normalized spacial score (nSPS) is 12.9. The Hall–Kier alpha value is -0.770. The first kappa shape index (κ1) is 12.3. The third-order valence-corrected chi connectivity index (χ3v) is 2.57. The number of likely N-dealkylation sites (N-methyl/N-ethyl adjacent to an activating group) is 1. The Labute approximate surface area is 98.2 Å². The number of nitrogens with zero attached hydrogens (tertiary/aromatic N) is 1. The Morgan fingerprint density at radius 1 is 1.40 bits per heavy atom. The van der Waals surface area contributed by atoms with Crippen LogP contribution in [0.4, 0.5) is 0 Å². The van der Waals surface area contributed by atoms with Crippen LogP contribution in [-0.2, 0) is 4.79 Å². The second-order valence-corrected chi connectivity index (χ2v) is 4.21. The molecule has 0 aliphatic rings. The van der Waals surface area contributed by atoms with E-state index in [1.54, 1.807) is 31.1 Å². The minimum atomic E-state index is -0.941. The summed E-state index contributed by atoms with van der Waals surface area (Å²) in [5, 5.41) is 9.91. The van der Waals surface area contributed by atoms with E-state index in [0.717, 1.165) is 0 Å². The third-order valence-electron chi connectivity index (χ3n) is 2.01. The van der Waals surface area contributed by atoms with Gasteiger partial charge in [0.2, 0.25) is 0 Å². The lowest BCUT2D eigenvalue weighted by molar-refractivity contribution is -0.142. The molecule has 0 fully saturated rings. The van der Waals surface area contributed by atoms with Crippen molar-refractivity contribution in [3.63, 3.8) is 0 Å². The van der Waals surface area contributed by atoms with Crippen LogP contribution < -0.4 is 0 Å². The maximum Gasteiger partial charge on any atom is 0.325 e. The van der Waals surface area contributed by atoms with Gasteiger partial charge in [-0.05, 0) is 31.8 Å². The number of carbonyl (C=O) groups is 1. The van der Waals surface area contributed by atoms with Gasteiger partial charge in [0.05, 0.1) is 0 Å². The maximum atomic E-state index is 11.0. The van der Waals surface area contributed by atoms with Crippen molar-refractivity contribution in [2.45, 2.75) is 6.04 Å². The smallest absolute Gasteiger partial charge is 0.325 e. The van der Waals surface area contributed by atoms with Crippen molar-refractivity contribution in [1.29, 1.82) is 0 Å². The van der Waals surface area contributed by atoms with Crippen molar-refractivity contribution in [1.82, 2.24) is 4.90 Å². The van der Waals surface area contributed by atoms with Gasteiger partial charge in [-0.1, -0.05) is 29.3 Å². The van der Waals surface area contributed by atoms with Crippen LogP contribution in [0.3, 0.4) is 0 Å². The molecule has 0 saturated heterocycles. The van der Waals surface area contributed by atoms with Crippen LogP contribution in [0, 0.1) is 0 Å². The zero-order chi connectivity index (χ0) is 11.6. The lowest BCUT2D eigenvalue weighted by atomic mass is 10.1. The number of hydrogen-bond donors (Lipinski definition) is 1. The second kappa shape index (κ2) is 4.84. The van der Waals surface area contributed by atoms with Crippen LogP contribution in [0.15, 0.2) is 18.2 Å². The molecule has 0 heterocycles. The molecule has 0 saturated carbocycles. The van der Waals surface area contributed by atoms with Crippen molar-refractivity contribution in [2.24, 2.45) is 0 Å². The first-order valence-corrected chi connectivity index (χ1v) is 5.03. The van der Waals surface area contributed by atoms with E-state index in [9.17, 15) is 4.79 Å². The van der Waals surface area contributed by atoms with Crippen LogP contribution in [0.25, 0.3) is 0 Å². The lowest BCUT2D eigenvalue weighted by Crippen LogP contribution is -2.27. The zero-order valence-electron chi connectivity index (χ0n) is 8.37. The highest BCUT2D eigenvalue weighted by molar-refractivity contribution is 6.35. The summed E-state index contributed by atoms with van der Waals surface area (Å²) in [4.78, 5) is 12.6. The zero-order valence-corrected chi connectivity index (χ0v) is 9.88. The van der Waals surface area contributed by atoms with Gasteiger partial charge in [-0.15, -0.1) is 0 Å². The van der Waals surface area contributed by atoms with E-state index in [1.807, 2.05) is 0 Å².